The first kappa shape index (κ1) is 9.46. The Morgan fingerprint density at radius 3 is 3.00 bits per heavy atom. The molecule has 3 heteroatoms. The van der Waals surface area contributed by atoms with Gasteiger partial charge >= 0.3 is 0 Å². The highest BCUT2D eigenvalue weighted by atomic mass is 16.5. The highest BCUT2D eigenvalue weighted by molar-refractivity contribution is 5.34. The molecule has 0 radical (unpaired) electrons. The number of methoxy groups -OCH3 is 1. The maximum atomic E-state index is 10.3. The molecule has 76 valence electrons. The molecule has 0 bridgehead atoms. The Labute approximate surface area is 83.7 Å². The van der Waals surface area contributed by atoms with Crippen molar-refractivity contribution in [1.29, 1.82) is 0 Å². The summed E-state index contributed by atoms with van der Waals surface area (Å²) in [6.07, 6.45) is 2.40. The van der Waals surface area contributed by atoms with Crippen LogP contribution in [0.4, 0.5) is 0 Å². The number of hydrogen-bond donors (Lipinski definition) is 1. The molecule has 14 heavy (non-hydrogen) atoms. The van der Waals surface area contributed by atoms with Crippen LogP contribution in [0, 0.1) is 0 Å². The lowest BCUT2D eigenvalue weighted by Crippen LogP contribution is -2.22. The first-order valence-electron chi connectivity index (χ1n) is 4.96. The summed E-state index contributed by atoms with van der Waals surface area (Å²) in [6, 6.07) is 3.84. The van der Waals surface area contributed by atoms with Crippen molar-refractivity contribution >= 4 is 0 Å². The van der Waals surface area contributed by atoms with Gasteiger partial charge in [0.1, 0.15) is 5.60 Å². The third kappa shape index (κ3) is 1.28. The van der Waals surface area contributed by atoms with Gasteiger partial charge < -0.3 is 9.84 Å². The normalized spacial score (nSPS) is 24.8. The number of aliphatic hydroxyl groups is 1. The molecule has 1 heterocycles. The van der Waals surface area contributed by atoms with Crippen LogP contribution >= 0.6 is 0 Å². The van der Waals surface area contributed by atoms with Gasteiger partial charge in [-0.3, -0.25) is 0 Å². The van der Waals surface area contributed by atoms with Crippen LogP contribution in [-0.2, 0) is 12.0 Å². The van der Waals surface area contributed by atoms with E-state index in [9.17, 15) is 5.11 Å². The smallest absolute Gasteiger partial charge is 0.213 e. The maximum Gasteiger partial charge on any atom is 0.213 e. The first-order chi connectivity index (χ1) is 6.69. The summed E-state index contributed by atoms with van der Waals surface area (Å²) in [6.45, 7) is 1.98. The van der Waals surface area contributed by atoms with Crippen LogP contribution in [0.15, 0.2) is 12.1 Å². The third-order valence-electron chi connectivity index (χ3n) is 3.00. The third-order valence-corrected chi connectivity index (χ3v) is 3.00. The molecule has 1 N–H and O–H groups in total. The predicted molar refractivity (Wildman–Crippen MR) is 53.3 cm³/mol. The van der Waals surface area contributed by atoms with Gasteiger partial charge in [-0.05, 0) is 24.8 Å². The van der Waals surface area contributed by atoms with Crippen LogP contribution in [0.25, 0.3) is 0 Å². The molecule has 1 atom stereocenters. The van der Waals surface area contributed by atoms with Crippen molar-refractivity contribution in [2.24, 2.45) is 0 Å². The highest BCUT2D eigenvalue weighted by Crippen LogP contribution is 2.38. The van der Waals surface area contributed by atoms with Crippen LogP contribution in [0.3, 0.4) is 0 Å². The largest absolute Gasteiger partial charge is 0.481 e. The van der Waals surface area contributed by atoms with Crippen molar-refractivity contribution in [3.05, 3.63) is 23.4 Å². The van der Waals surface area contributed by atoms with Gasteiger partial charge in [0.15, 0.2) is 0 Å². The van der Waals surface area contributed by atoms with Crippen LogP contribution in [0.1, 0.15) is 31.0 Å². The number of nitrogens with zero attached hydrogens (tertiary/aromatic N) is 1. The van der Waals surface area contributed by atoms with Gasteiger partial charge in [-0.15, -0.1) is 0 Å². The second-order valence-electron chi connectivity index (χ2n) is 3.75. The molecule has 0 saturated carbocycles. The fourth-order valence-electron chi connectivity index (χ4n) is 1.99. The Balaban J connectivity index is 2.47. The molecule has 0 aliphatic heterocycles. The van der Waals surface area contributed by atoms with E-state index in [-0.39, 0.29) is 0 Å². The lowest BCUT2D eigenvalue weighted by Gasteiger charge is -2.20. The van der Waals surface area contributed by atoms with E-state index in [1.807, 2.05) is 19.1 Å². The molecule has 0 saturated heterocycles. The van der Waals surface area contributed by atoms with E-state index in [0.717, 1.165) is 24.1 Å². The molecule has 0 aromatic carbocycles. The Morgan fingerprint density at radius 1 is 1.57 bits per heavy atom. The van der Waals surface area contributed by atoms with Crippen molar-refractivity contribution in [3.63, 3.8) is 0 Å². The van der Waals surface area contributed by atoms with Crippen molar-refractivity contribution in [3.8, 4) is 5.88 Å². The highest BCUT2D eigenvalue weighted by Gasteiger charge is 2.36. The van der Waals surface area contributed by atoms with Crippen molar-refractivity contribution in [2.45, 2.75) is 31.8 Å². The van der Waals surface area contributed by atoms with Crippen molar-refractivity contribution in [1.82, 2.24) is 4.98 Å². The Bertz CT molecular complexity index is 351. The minimum Gasteiger partial charge on any atom is -0.481 e. The average Bonchev–Trinajstić information content (AvgIpc) is 2.57. The topological polar surface area (TPSA) is 42.4 Å². The standard InChI is InChI=1S/C11H15NO2/c1-3-11(13)7-6-8-4-5-9(14-2)12-10(8)11/h4-5,13H,3,6-7H2,1-2H3. The SMILES string of the molecule is CCC1(O)CCc2ccc(OC)nc21. The molecule has 0 spiro atoms. The van der Waals surface area contributed by atoms with Crippen LogP contribution in [0.5, 0.6) is 5.88 Å². The molecular formula is C11H15NO2. The second kappa shape index (κ2) is 3.24. The fourth-order valence-corrected chi connectivity index (χ4v) is 1.99. The molecule has 1 aromatic heterocycles. The molecule has 2 rings (SSSR count). The van der Waals surface area contributed by atoms with Gasteiger partial charge in [-0.25, -0.2) is 4.98 Å². The number of aromatic nitrogens is 1. The lowest BCUT2D eigenvalue weighted by molar-refractivity contribution is 0.0302. The fraction of sp³-hybridized carbons (Fsp3) is 0.545. The van der Waals surface area contributed by atoms with E-state index in [2.05, 4.69) is 4.98 Å². The molecule has 1 unspecified atom stereocenters. The number of rotatable bonds is 2. The van der Waals surface area contributed by atoms with E-state index in [0.29, 0.717) is 12.3 Å². The van der Waals surface area contributed by atoms with Crippen LogP contribution in [0.2, 0.25) is 0 Å². The summed E-state index contributed by atoms with van der Waals surface area (Å²) in [4.78, 5) is 4.32. The number of ether oxygens (including phenoxy) is 1. The molecular weight excluding hydrogens is 178 g/mol. The summed E-state index contributed by atoms with van der Waals surface area (Å²) >= 11 is 0. The lowest BCUT2D eigenvalue weighted by atomic mass is 9.98. The molecule has 0 fully saturated rings. The summed E-state index contributed by atoms with van der Waals surface area (Å²) < 4.78 is 5.06. The Hall–Kier alpha value is -1.09. The monoisotopic (exact) mass is 193 g/mol. The zero-order valence-electron chi connectivity index (χ0n) is 8.58. The van der Waals surface area contributed by atoms with E-state index in [1.54, 1.807) is 7.11 Å². The zero-order chi connectivity index (χ0) is 10.2. The number of hydrogen-bond acceptors (Lipinski definition) is 3. The average molecular weight is 193 g/mol. The Kier molecular flexibility index (Phi) is 2.19. The second-order valence-corrected chi connectivity index (χ2v) is 3.75. The number of fused-ring (bicyclic) bond motifs is 1. The summed E-state index contributed by atoms with van der Waals surface area (Å²) in [5, 5.41) is 10.3. The van der Waals surface area contributed by atoms with E-state index < -0.39 is 5.60 Å². The zero-order valence-corrected chi connectivity index (χ0v) is 8.58. The number of pyridine rings is 1. The molecule has 0 amide bonds. The van der Waals surface area contributed by atoms with Crippen LogP contribution in [-0.4, -0.2) is 17.2 Å². The molecule has 1 aromatic rings. The van der Waals surface area contributed by atoms with Gasteiger partial charge in [0, 0.05) is 6.07 Å². The molecule has 1 aliphatic rings. The maximum absolute atomic E-state index is 10.3. The van der Waals surface area contributed by atoms with Crippen molar-refractivity contribution < 1.29 is 9.84 Å². The molecule has 1 aliphatic carbocycles. The summed E-state index contributed by atoms with van der Waals surface area (Å²) in [5.41, 5.74) is 1.22. The minimum atomic E-state index is -0.732. The Morgan fingerprint density at radius 2 is 2.36 bits per heavy atom. The number of aryl methyl sites for hydroxylation is 1. The van der Waals surface area contributed by atoms with Gasteiger partial charge in [0.05, 0.1) is 12.8 Å². The van der Waals surface area contributed by atoms with Gasteiger partial charge in [0.25, 0.3) is 0 Å². The molecule has 3 nitrogen and oxygen atoms in total. The first-order valence-corrected chi connectivity index (χ1v) is 4.96. The van der Waals surface area contributed by atoms with Gasteiger partial charge in [-0.1, -0.05) is 13.0 Å². The predicted octanol–water partition coefficient (Wildman–Crippen LogP) is 1.63. The quantitative estimate of drug-likeness (QED) is 0.776. The summed E-state index contributed by atoms with van der Waals surface area (Å²) in [7, 11) is 1.59. The van der Waals surface area contributed by atoms with Crippen LogP contribution < -0.4 is 4.74 Å². The summed E-state index contributed by atoms with van der Waals surface area (Å²) in [5.74, 6) is 0.581. The van der Waals surface area contributed by atoms with Crippen molar-refractivity contribution in [2.75, 3.05) is 7.11 Å². The van der Waals surface area contributed by atoms with E-state index in [1.165, 1.54) is 0 Å². The van der Waals surface area contributed by atoms with E-state index in [4.69, 9.17) is 4.74 Å². The van der Waals surface area contributed by atoms with Gasteiger partial charge in [0.2, 0.25) is 5.88 Å². The van der Waals surface area contributed by atoms with E-state index >= 15 is 0 Å². The minimum absolute atomic E-state index is 0.581. The van der Waals surface area contributed by atoms with Gasteiger partial charge in [-0.2, -0.15) is 0 Å².